The zero-order valence-electron chi connectivity index (χ0n) is 16.3. The Balaban J connectivity index is 1.71. The van der Waals surface area contributed by atoms with Crippen molar-refractivity contribution in [2.24, 2.45) is 0 Å². The van der Waals surface area contributed by atoms with Gasteiger partial charge in [-0.1, -0.05) is 0 Å². The molecule has 1 saturated heterocycles. The summed E-state index contributed by atoms with van der Waals surface area (Å²) in [7, 11) is 0.395. The van der Waals surface area contributed by atoms with Crippen LogP contribution < -0.4 is 17.1 Å². The number of rotatable bonds is 4. The molecule has 0 saturated carbocycles. The van der Waals surface area contributed by atoms with Crippen LogP contribution in [0.2, 0.25) is 27.5 Å². The van der Waals surface area contributed by atoms with Crippen molar-refractivity contribution >= 4 is 38.8 Å². The Morgan fingerprint density at radius 1 is 0.704 bits per heavy atom. The molecular formula is C24H28OSiSn. The molecule has 0 spiro atoms. The SMILES string of the molecule is COc1cc[c]([Sn]2([c]3ccccc3)[CH2]C[Si](C)(c3ccccc3)C[CH2]2)cc1. The minimum absolute atomic E-state index is 0.965. The van der Waals surface area contributed by atoms with Crippen molar-refractivity contribution in [1.82, 2.24) is 0 Å². The van der Waals surface area contributed by atoms with Crippen LogP contribution in [0.1, 0.15) is 0 Å². The van der Waals surface area contributed by atoms with Gasteiger partial charge >= 0.3 is 169 Å². The number of hydrogen-bond acceptors (Lipinski definition) is 1. The summed E-state index contributed by atoms with van der Waals surface area (Å²) in [4.78, 5) is 0. The van der Waals surface area contributed by atoms with Crippen LogP contribution in [0.3, 0.4) is 0 Å². The molecule has 0 bridgehead atoms. The van der Waals surface area contributed by atoms with Gasteiger partial charge in [0.05, 0.1) is 0 Å². The third kappa shape index (κ3) is 3.62. The van der Waals surface area contributed by atoms with Gasteiger partial charge in [0, 0.05) is 0 Å². The Bertz CT molecular complexity index is 869. The van der Waals surface area contributed by atoms with E-state index in [0.29, 0.717) is 0 Å². The van der Waals surface area contributed by atoms with Gasteiger partial charge in [-0.3, -0.25) is 0 Å². The summed E-state index contributed by atoms with van der Waals surface area (Å²) in [6.45, 7) is 2.61. The van der Waals surface area contributed by atoms with Crippen molar-refractivity contribution < 1.29 is 4.74 Å². The molecule has 1 aliphatic heterocycles. The van der Waals surface area contributed by atoms with Gasteiger partial charge in [0.2, 0.25) is 0 Å². The molecule has 0 unspecified atom stereocenters. The first-order valence-corrected chi connectivity index (χ1v) is 19.7. The van der Waals surface area contributed by atoms with E-state index in [-0.39, 0.29) is 0 Å². The van der Waals surface area contributed by atoms with E-state index in [2.05, 4.69) is 91.5 Å². The summed E-state index contributed by atoms with van der Waals surface area (Å²) < 4.78 is 11.6. The molecule has 138 valence electrons. The van der Waals surface area contributed by atoms with E-state index in [1.165, 1.54) is 21.0 Å². The van der Waals surface area contributed by atoms with Crippen molar-refractivity contribution in [3.8, 4) is 5.75 Å². The first-order chi connectivity index (χ1) is 13.2. The average molecular weight is 479 g/mol. The molecule has 0 aromatic heterocycles. The van der Waals surface area contributed by atoms with Crippen molar-refractivity contribution in [2.45, 2.75) is 27.5 Å². The van der Waals surface area contributed by atoms with Gasteiger partial charge in [-0.25, -0.2) is 0 Å². The van der Waals surface area contributed by atoms with Gasteiger partial charge in [-0.05, 0) is 0 Å². The van der Waals surface area contributed by atoms with E-state index in [9.17, 15) is 0 Å². The molecule has 3 aromatic carbocycles. The predicted octanol–water partition coefficient (Wildman–Crippen LogP) is 4.26. The Morgan fingerprint density at radius 2 is 1.22 bits per heavy atom. The Morgan fingerprint density at radius 3 is 1.78 bits per heavy atom. The zero-order valence-corrected chi connectivity index (χ0v) is 20.2. The summed E-state index contributed by atoms with van der Waals surface area (Å²) in [6, 6.07) is 34.7. The molecule has 1 nitrogen and oxygen atoms in total. The minimum atomic E-state index is -2.65. The third-order valence-electron chi connectivity index (χ3n) is 6.65. The van der Waals surface area contributed by atoms with Gasteiger partial charge in [-0.2, -0.15) is 0 Å². The molecular weight excluding hydrogens is 451 g/mol. The molecule has 1 fully saturated rings. The first kappa shape index (κ1) is 18.8. The van der Waals surface area contributed by atoms with Crippen LogP contribution in [0.5, 0.6) is 5.75 Å². The van der Waals surface area contributed by atoms with Crippen LogP contribution >= 0.6 is 0 Å². The zero-order chi connectivity index (χ0) is 18.7. The van der Waals surface area contributed by atoms with Crippen LogP contribution in [0.25, 0.3) is 0 Å². The third-order valence-corrected chi connectivity index (χ3v) is 28.4. The Hall–Kier alpha value is -1.52. The predicted molar refractivity (Wildman–Crippen MR) is 121 cm³/mol. The molecule has 3 aromatic rings. The topological polar surface area (TPSA) is 9.23 Å². The van der Waals surface area contributed by atoms with Crippen molar-refractivity contribution in [2.75, 3.05) is 7.11 Å². The van der Waals surface area contributed by atoms with Gasteiger partial charge in [0.25, 0.3) is 0 Å². The molecule has 0 amide bonds. The van der Waals surface area contributed by atoms with Crippen LogP contribution in [-0.2, 0) is 0 Å². The normalized spacial score (nSPS) is 25.1. The average Bonchev–Trinajstić information content (AvgIpc) is 2.76. The second-order valence-corrected chi connectivity index (χ2v) is 25.1. The van der Waals surface area contributed by atoms with E-state index in [0.717, 1.165) is 5.75 Å². The number of benzene rings is 3. The molecule has 0 aliphatic carbocycles. The van der Waals surface area contributed by atoms with E-state index in [1.54, 1.807) is 19.5 Å². The molecule has 0 radical (unpaired) electrons. The monoisotopic (exact) mass is 480 g/mol. The second-order valence-electron chi connectivity index (χ2n) is 8.10. The van der Waals surface area contributed by atoms with Gasteiger partial charge in [0.1, 0.15) is 0 Å². The Kier molecular flexibility index (Phi) is 5.47. The van der Waals surface area contributed by atoms with Crippen LogP contribution in [0.4, 0.5) is 0 Å². The number of ether oxygens (including phenoxy) is 1. The summed E-state index contributed by atoms with van der Waals surface area (Å²) in [6.07, 6.45) is 0. The first-order valence-electron chi connectivity index (χ1n) is 9.92. The summed E-state index contributed by atoms with van der Waals surface area (Å²) in [5.74, 6) is 0.965. The van der Waals surface area contributed by atoms with Crippen molar-refractivity contribution in [1.29, 1.82) is 0 Å². The van der Waals surface area contributed by atoms with E-state index in [4.69, 9.17) is 4.74 Å². The van der Waals surface area contributed by atoms with Crippen LogP contribution in [0, 0.1) is 0 Å². The van der Waals surface area contributed by atoms with Gasteiger partial charge in [-0.15, -0.1) is 0 Å². The fourth-order valence-electron chi connectivity index (χ4n) is 4.77. The molecule has 3 heteroatoms. The fraction of sp³-hybridized carbons (Fsp3) is 0.250. The summed E-state index contributed by atoms with van der Waals surface area (Å²) in [5, 5.41) is 1.65. The summed E-state index contributed by atoms with van der Waals surface area (Å²) >= 11 is -2.65. The molecule has 1 aliphatic rings. The maximum absolute atomic E-state index is 5.42. The number of hydrogen-bond donors (Lipinski definition) is 0. The molecule has 27 heavy (non-hydrogen) atoms. The van der Waals surface area contributed by atoms with Gasteiger partial charge < -0.3 is 0 Å². The molecule has 4 rings (SSSR count). The van der Waals surface area contributed by atoms with E-state index in [1.807, 2.05) is 0 Å². The van der Waals surface area contributed by atoms with Crippen LogP contribution in [-0.4, -0.2) is 33.6 Å². The second kappa shape index (κ2) is 7.84. The fourth-order valence-corrected chi connectivity index (χ4v) is 34.9. The standard InChI is InChI=1S/C11H16Si.C7H7O.C6H5.Sn/c1-4-12(3,5-2)11-9-7-6-8-10-11;1-8-7-5-3-2-4-6-7;1-2-4-6-5-3-1;/h6-10H,1-2,4-5H2,3H3;3-6H,1H3;1-5H;. The van der Waals surface area contributed by atoms with E-state index >= 15 is 0 Å². The molecule has 0 atom stereocenters. The van der Waals surface area contributed by atoms with Crippen molar-refractivity contribution in [3.05, 3.63) is 84.9 Å². The Labute approximate surface area is 168 Å². The molecule has 1 heterocycles. The molecule has 0 N–H and O–H groups in total. The quantitative estimate of drug-likeness (QED) is 0.509. The maximum atomic E-state index is 5.42. The van der Waals surface area contributed by atoms with Crippen LogP contribution in [0.15, 0.2) is 84.9 Å². The van der Waals surface area contributed by atoms with E-state index < -0.39 is 26.5 Å². The number of methoxy groups -OCH3 is 1. The van der Waals surface area contributed by atoms with Crippen molar-refractivity contribution in [3.63, 3.8) is 0 Å². The van der Waals surface area contributed by atoms with Gasteiger partial charge in [0.15, 0.2) is 0 Å². The summed E-state index contributed by atoms with van der Waals surface area (Å²) in [5.41, 5.74) is 0.